The van der Waals surface area contributed by atoms with Crippen LogP contribution in [0.25, 0.3) is 0 Å². The highest BCUT2D eigenvalue weighted by molar-refractivity contribution is 9.10. The Morgan fingerprint density at radius 1 is 1.44 bits per heavy atom. The van der Waals surface area contributed by atoms with Gasteiger partial charge in [0.2, 0.25) is 0 Å². The van der Waals surface area contributed by atoms with E-state index < -0.39 is 0 Å². The van der Waals surface area contributed by atoms with Crippen molar-refractivity contribution in [2.75, 3.05) is 6.54 Å². The first-order chi connectivity index (χ1) is 8.70. The van der Waals surface area contributed by atoms with E-state index in [2.05, 4.69) is 28.2 Å². The van der Waals surface area contributed by atoms with Crippen LogP contribution in [0.1, 0.15) is 43.0 Å². The molecule has 0 bridgehead atoms. The van der Waals surface area contributed by atoms with Gasteiger partial charge in [-0.15, -0.1) is 0 Å². The van der Waals surface area contributed by atoms with Gasteiger partial charge in [-0.05, 0) is 31.4 Å². The second-order valence-corrected chi connectivity index (χ2v) is 5.91. The van der Waals surface area contributed by atoms with Crippen LogP contribution in [0.3, 0.4) is 0 Å². The maximum atomic E-state index is 12.3. The third-order valence-electron chi connectivity index (χ3n) is 3.79. The Balaban J connectivity index is 1.97. The van der Waals surface area contributed by atoms with E-state index in [1.165, 1.54) is 12.8 Å². The lowest BCUT2D eigenvalue weighted by Gasteiger charge is -2.29. The average Bonchev–Trinajstić information content (AvgIpc) is 2.39. The van der Waals surface area contributed by atoms with Crippen molar-refractivity contribution in [2.24, 2.45) is 5.92 Å². The fourth-order valence-electron chi connectivity index (χ4n) is 2.64. The molecule has 98 valence electrons. The molecule has 1 heterocycles. The lowest BCUT2D eigenvalue weighted by molar-refractivity contribution is 0.0956. The Hall–Kier alpha value is -0.670. The van der Waals surface area contributed by atoms with Gasteiger partial charge in [-0.25, -0.2) is 0 Å². The van der Waals surface area contributed by atoms with Crippen LogP contribution in [-0.4, -0.2) is 18.4 Å². The molecule has 1 aromatic carbocycles. The molecule has 2 nitrogen and oxygen atoms in total. The van der Waals surface area contributed by atoms with Crippen LogP contribution in [0.15, 0.2) is 28.7 Å². The van der Waals surface area contributed by atoms with Crippen molar-refractivity contribution in [3.05, 3.63) is 34.3 Å². The molecular weight excluding hydrogens is 290 g/mol. The summed E-state index contributed by atoms with van der Waals surface area (Å²) in [6.45, 7) is 3.29. The lowest BCUT2D eigenvalue weighted by Crippen LogP contribution is -2.39. The first-order valence-corrected chi connectivity index (χ1v) is 7.51. The predicted octanol–water partition coefficient (Wildman–Crippen LogP) is 3.80. The van der Waals surface area contributed by atoms with Crippen LogP contribution in [0.2, 0.25) is 0 Å². The highest BCUT2D eigenvalue weighted by Gasteiger charge is 2.23. The molecular formula is C15H20BrNO. The molecule has 2 atom stereocenters. The summed E-state index contributed by atoms with van der Waals surface area (Å²) < 4.78 is 0.901. The second-order valence-electron chi connectivity index (χ2n) is 5.06. The van der Waals surface area contributed by atoms with Crippen LogP contribution < -0.4 is 5.32 Å². The summed E-state index contributed by atoms with van der Waals surface area (Å²) in [5.74, 6) is 1.01. The van der Waals surface area contributed by atoms with Gasteiger partial charge in [-0.2, -0.15) is 0 Å². The van der Waals surface area contributed by atoms with Gasteiger partial charge in [0.05, 0.1) is 0 Å². The number of Topliss-reactive ketones (excluding diaryl/α,β-unsaturated/α-hetero) is 1. The first kappa shape index (κ1) is 13.8. The molecule has 2 unspecified atom stereocenters. The van der Waals surface area contributed by atoms with Crippen molar-refractivity contribution >= 4 is 21.7 Å². The number of carbonyl (C=O) groups is 1. The SMILES string of the molecule is CCC1CCNC(CC(=O)c2ccccc2Br)C1. The molecule has 0 spiro atoms. The minimum absolute atomic E-state index is 0.233. The van der Waals surface area contributed by atoms with Crippen LogP contribution >= 0.6 is 15.9 Å². The monoisotopic (exact) mass is 309 g/mol. The molecule has 1 aliphatic heterocycles. The van der Waals surface area contributed by atoms with Crippen molar-refractivity contribution in [1.82, 2.24) is 5.32 Å². The van der Waals surface area contributed by atoms with Gasteiger partial charge in [0, 0.05) is 22.5 Å². The second kappa shape index (κ2) is 6.48. The summed E-state index contributed by atoms with van der Waals surface area (Å²) in [6.07, 6.45) is 4.21. The lowest BCUT2D eigenvalue weighted by atomic mass is 9.87. The smallest absolute Gasteiger partial charge is 0.165 e. The zero-order valence-electron chi connectivity index (χ0n) is 10.8. The molecule has 0 radical (unpaired) electrons. The van der Waals surface area contributed by atoms with Crippen LogP contribution in [0.5, 0.6) is 0 Å². The van der Waals surface area contributed by atoms with Crippen molar-refractivity contribution < 1.29 is 4.79 Å². The minimum Gasteiger partial charge on any atom is -0.314 e. The molecule has 0 amide bonds. The average molecular weight is 310 g/mol. The first-order valence-electron chi connectivity index (χ1n) is 6.71. The maximum absolute atomic E-state index is 12.3. The zero-order chi connectivity index (χ0) is 13.0. The van der Waals surface area contributed by atoms with Gasteiger partial charge in [0.15, 0.2) is 5.78 Å². The molecule has 1 N–H and O–H groups in total. The fourth-order valence-corrected chi connectivity index (χ4v) is 3.15. The van der Waals surface area contributed by atoms with Gasteiger partial charge < -0.3 is 5.32 Å². The molecule has 2 rings (SSSR count). The van der Waals surface area contributed by atoms with Crippen molar-refractivity contribution in [3.63, 3.8) is 0 Å². The number of benzene rings is 1. The van der Waals surface area contributed by atoms with Crippen molar-refractivity contribution in [3.8, 4) is 0 Å². The number of nitrogens with one attached hydrogen (secondary N) is 1. The summed E-state index contributed by atoms with van der Waals surface area (Å²) in [7, 11) is 0. The Morgan fingerprint density at radius 2 is 2.22 bits per heavy atom. The van der Waals surface area contributed by atoms with E-state index in [9.17, 15) is 4.79 Å². The third kappa shape index (κ3) is 3.42. The van der Waals surface area contributed by atoms with Crippen molar-refractivity contribution in [2.45, 2.75) is 38.6 Å². The Labute approximate surface area is 117 Å². The van der Waals surface area contributed by atoms with Gasteiger partial charge >= 0.3 is 0 Å². The number of ketones is 1. The normalized spacial score (nSPS) is 23.9. The Morgan fingerprint density at radius 3 is 2.94 bits per heavy atom. The summed E-state index contributed by atoms with van der Waals surface area (Å²) >= 11 is 3.45. The van der Waals surface area contributed by atoms with Gasteiger partial charge in [-0.1, -0.05) is 47.5 Å². The molecule has 0 aliphatic carbocycles. The van der Waals surface area contributed by atoms with E-state index in [0.29, 0.717) is 12.5 Å². The summed E-state index contributed by atoms with van der Waals surface area (Å²) in [4.78, 5) is 12.3. The van der Waals surface area contributed by atoms with Gasteiger partial charge in [0.25, 0.3) is 0 Å². The molecule has 0 aromatic heterocycles. The highest BCUT2D eigenvalue weighted by Crippen LogP contribution is 2.23. The van der Waals surface area contributed by atoms with Gasteiger partial charge in [-0.3, -0.25) is 4.79 Å². The van der Waals surface area contributed by atoms with Crippen LogP contribution in [0.4, 0.5) is 0 Å². The number of halogens is 1. The third-order valence-corrected chi connectivity index (χ3v) is 4.48. The molecule has 0 saturated carbocycles. The molecule has 1 aromatic rings. The van der Waals surface area contributed by atoms with Gasteiger partial charge in [0.1, 0.15) is 0 Å². The number of hydrogen-bond acceptors (Lipinski definition) is 2. The standard InChI is InChI=1S/C15H20BrNO/c1-2-11-7-8-17-12(9-11)10-15(18)13-5-3-4-6-14(13)16/h3-6,11-12,17H,2,7-10H2,1H3. The largest absolute Gasteiger partial charge is 0.314 e. The molecule has 1 saturated heterocycles. The predicted molar refractivity (Wildman–Crippen MR) is 77.9 cm³/mol. The van der Waals surface area contributed by atoms with E-state index in [1.54, 1.807) is 0 Å². The number of hydrogen-bond donors (Lipinski definition) is 1. The molecule has 18 heavy (non-hydrogen) atoms. The van der Waals surface area contributed by atoms with Crippen LogP contribution in [0, 0.1) is 5.92 Å². The number of carbonyl (C=O) groups excluding carboxylic acids is 1. The van der Waals surface area contributed by atoms with E-state index in [0.717, 1.165) is 28.9 Å². The Bertz CT molecular complexity index is 419. The van der Waals surface area contributed by atoms with E-state index in [-0.39, 0.29) is 5.78 Å². The molecule has 1 fully saturated rings. The van der Waals surface area contributed by atoms with E-state index in [1.807, 2.05) is 24.3 Å². The molecule has 1 aliphatic rings. The summed E-state index contributed by atoms with van der Waals surface area (Å²) in [6, 6.07) is 8.03. The summed E-state index contributed by atoms with van der Waals surface area (Å²) in [5, 5.41) is 3.47. The van der Waals surface area contributed by atoms with E-state index in [4.69, 9.17) is 0 Å². The number of rotatable bonds is 4. The summed E-state index contributed by atoms with van der Waals surface area (Å²) in [5.41, 5.74) is 0.804. The van der Waals surface area contributed by atoms with E-state index >= 15 is 0 Å². The maximum Gasteiger partial charge on any atom is 0.165 e. The minimum atomic E-state index is 0.233. The van der Waals surface area contributed by atoms with Crippen LogP contribution in [-0.2, 0) is 0 Å². The quantitative estimate of drug-likeness (QED) is 0.857. The van der Waals surface area contributed by atoms with Crippen molar-refractivity contribution in [1.29, 1.82) is 0 Å². The topological polar surface area (TPSA) is 29.1 Å². The zero-order valence-corrected chi connectivity index (χ0v) is 12.4. The number of piperidine rings is 1. The highest BCUT2D eigenvalue weighted by atomic mass is 79.9. The Kier molecular flexibility index (Phi) is 4.95. The molecule has 3 heteroatoms. The fraction of sp³-hybridized carbons (Fsp3) is 0.533.